The smallest absolute Gasteiger partial charge is 0.326 e. The zero-order chi connectivity index (χ0) is 18.4. The van der Waals surface area contributed by atoms with Crippen molar-refractivity contribution < 1.29 is 18.3 Å². The van der Waals surface area contributed by atoms with Crippen LogP contribution in [0.1, 0.15) is 11.5 Å². The van der Waals surface area contributed by atoms with Crippen molar-refractivity contribution in [1.82, 2.24) is 0 Å². The number of carboxylic acid groups (broad SMARTS) is 1. The number of carbonyl (C=O) groups is 1. The van der Waals surface area contributed by atoms with Crippen molar-refractivity contribution in [2.75, 3.05) is 0 Å². The molecule has 3 atom stereocenters. The summed E-state index contributed by atoms with van der Waals surface area (Å²) in [5.74, 6) is -2.48. The number of sulfone groups is 1. The quantitative estimate of drug-likeness (QED) is 0.853. The van der Waals surface area contributed by atoms with Gasteiger partial charge >= 0.3 is 5.97 Å². The van der Waals surface area contributed by atoms with E-state index in [9.17, 15) is 23.6 Å². The van der Waals surface area contributed by atoms with Gasteiger partial charge in [-0.3, -0.25) is 4.79 Å². The van der Waals surface area contributed by atoms with E-state index in [1.165, 1.54) is 30.3 Å². The van der Waals surface area contributed by atoms with Gasteiger partial charge in [-0.2, -0.15) is 5.26 Å². The van der Waals surface area contributed by atoms with E-state index in [4.69, 9.17) is 23.2 Å². The molecule has 0 saturated heterocycles. The molecule has 25 heavy (non-hydrogen) atoms. The van der Waals surface area contributed by atoms with E-state index in [0.29, 0.717) is 15.6 Å². The minimum atomic E-state index is -4.06. The molecule has 3 rings (SSSR count). The van der Waals surface area contributed by atoms with Crippen molar-refractivity contribution in [3.05, 3.63) is 64.1 Å². The maximum absolute atomic E-state index is 13.0. The molecule has 128 valence electrons. The highest BCUT2D eigenvalue weighted by Gasteiger charge is 2.77. The van der Waals surface area contributed by atoms with Gasteiger partial charge in [-0.25, -0.2) is 8.42 Å². The lowest BCUT2D eigenvalue weighted by molar-refractivity contribution is -0.141. The van der Waals surface area contributed by atoms with Crippen molar-refractivity contribution in [2.24, 2.45) is 5.41 Å². The number of aliphatic carboxylic acids is 1. The maximum Gasteiger partial charge on any atom is 0.326 e. The highest BCUT2D eigenvalue weighted by Crippen LogP contribution is 2.64. The van der Waals surface area contributed by atoms with Crippen LogP contribution in [0.4, 0.5) is 0 Å². The van der Waals surface area contributed by atoms with Crippen molar-refractivity contribution in [2.45, 2.75) is 16.1 Å². The minimum absolute atomic E-state index is 0.0766. The van der Waals surface area contributed by atoms with Gasteiger partial charge < -0.3 is 5.11 Å². The average molecular weight is 396 g/mol. The lowest BCUT2D eigenvalue weighted by Gasteiger charge is -2.05. The molecular weight excluding hydrogens is 385 g/mol. The molecule has 2 aromatic rings. The normalized spacial score (nSPS) is 25.2. The Morgan fingerprint density at radius 3 is 2.28 bits per heavy atom. The molecule has 0 aliphatic heterocycles. The topological polar surface area (TPSA) is 95.2 Å². The molecule has 1 fully saturated rings. The number of carboxylic acids is 1. The molecule has 0 unspecified atom stereocenters. The van der Waals surface area contributed by atoms with Crippen LogP contribution in [-0.4, -0.2) is 24.7 Å². The van der Waals surface area contributed by atoms with E-state index < -0.39 is 32.4 Å². The number of rotatable bonds is 4. The first kappa shape index (κ1) is 17.7. The van der Waals surface area contributed by atoms with E-state index >= 15 is 0 Å². The number of halogens is 2. The molecule has 0 bridgehead atoms. The fourth-order valence-electron chi connectivity index (χ4n) is 3.12. The Bertz CT molecular complexity index is 998. The van der Waals surface area contributed by atoms with Crippen LogP contribution < -0.4 is 0 Å². The monoisotopic (exact) mass is 395 g/mol. The summed E-state index contributed by atoms with van der Waals surface area (Å²) in [6.07, 6.45) is 0. The molecule has 1 aliphatic rings. The molecule has 8 heteroatoms. The summed E-state index contributed by atoms with van der Waals surface area (Å²) >= 11 is 11.7. The van der Waals surface area contributed by atoms with Crippen LogP contribution in [0.2, 0.25) is 10.0 Å². The highest BCUT2D eigenvalue weighted by atomic mass is 35.5. The van der Waals surface area contributed by atoms with Gasteiger partial charge in [-0.05, 0) is 42.0 Å². The second-order valence-corrected chi connectivity index (χ2v) is 8.68. The van der Waals surface area contributed by atoms with Crippen LogP contribution >= 0.6 is 23.2 Å². The maximum atomic E-state index is 13.0. The van der Waals surface area contributed by atoms with Crippen molar-refractivity contribution in [3.63, 3.8) is 0 Å². The molecule has 5 nitrogen and oxygen atoms in total. The van der Waals surface area contributed by atoms with Gasteiger partial charge in [0.2, 0.25) is 0 Å². The molecule has 1 aliphatic carbocycles. The number of benzene rings is 2. The first-order valence-electron chi connectivity index (χ1n) is 7.14. The largest absolute Gasteiger partial charge is 0.480 e. The third kappa shape index (κ3) is 2.69. The minimum Gasteiger partial charge on any atom is -0.480 e. The SMILES string of the molecule is N#C[C@@]1(C(=O)O)[C@H](S(=O)(=O)c2ccc(Cl)cc2)[C@@H]1c1cccc(Cl)c1. The Hall–Kier alpha value is -2.07. The van der Waals surface area contributed by atoms with Crippen LogP contribution in [0.3, 0.4) is 0 Å². The summed E-state index contributed by atoms with van der Waals surface area (Å²) < 4.78 is 25.9. The number of hydrogen-bond acceptors (Lipinski definition) is 4. The van der Waals surface area contributed by atoms with Gasteiger partial charge in [-0.1, -0.05) is 35.3 Å². The second-order valence-electron chi connectivity index (χ2n) is 5.74. The van der Waals surface area contributed by atoms with Crippen LogP contribution in [0.25, 0.3) is 0 Å². The molecule has 0 radical (unpaired) electrons. The Balaban J connectivity index is 2.14. The Morgan fingerprint density at radius 2 is 1.76 bits per heavy atom. The number of nitrogens with zero attached hydrogens (tertiary/aromatic N) is 1. The summed E-state index contributed by atoms with van der Waals surface area (Å²) in [5, 5.41) is 18.4. The predicted molar refractivity (Wildman–Crippen MR) is 92.3 cm³/mol. The number of nitriles is 1. The molecule has 0 heterocycles. The van der Waals surface area contributed by atoms with Crippen molar-refractivity contribution in [1.29, 1.82) is 5.26 Å². The van der Waals surface area contributed by atoms with Gasteiger partial charge in [0, 0.05) is 16.0 Å². The third-order valence-electron chi connectivity index (χ3n) is 4.36. The van der Waals surface area contributed by atoms with Gasteiger partial charge in [0.05, 0.1) is 11.0 Å². The van der Waals surface area contributed by atoms with Crippen LogP contribution in [0, 0.1) is 16.7 Å². The molecule has 2 aromatic carbocycles. The molecule has 0 amide bonds. The van der Waals surface area contributed by atoms with E-state index in [1.807, 2.05) is 0 Å². The van der Waals surface area contributed by atoms with Crippen LogP contribution in [0.15, 0.2) is 53.4 Å². The molecule has 0 spiro atoms. The zero-order valence-corrected chi connectivity index (χ0v) is 14.9. The predicted octanol–water partition coefficient (Wildman–Crippen LogP) is 3.53. The summed E-state index contributed by atoms with van der Waals surface area (Å²) in [4.78, 5) is 11.7. The van der Waals surface area contributed by atoms with Crippen molar-refractivity contribution >= 4 is 39.0 Å². The third-order valence-corrected chi connectivity index (χ3v) is 7.08. The van der Waals surface area contributed by atoms with Crippen molar-refractivity contribution in [3.8, 4) is 6.07 Å². The molecular formula is C17H11Cl2NO4S. The first-order valence-corrected chi connectivity index (χ1v) is 9.45. The van der Waals surface area contributed by atoms with Gasteiger partial charge in [-0.15, -0.1) is 0 Å². The number of hydrogen-bond donors (Lipinski definition) is 1. The highest BCUT2D eigenvalue weighted by molar-refractivity contribution is 7.92. The Kier molecular flexibility index (Phi) is 4.28. The van der Waals surface area contributed by atoms with E-state index in [0.717, 1.165) is 0 Å². The lowest BCUT2D eigenvalue weighted by Crippen LogP contribution is -2.22. The fourth-order valence-corrected chi connectivity index (χ4v) is 5.70. The van der Waals surface area contributed by atoms with Crippen LogP contribution in [-0.2, 0) is 14.6 Å². The lowest BCUT2D eigenvalue weighted by atomic mass is 10.0. The standard InChI is InChI=1S/C17H11Cl2NO4S/c18-11-4-6-13(7-5-11)25(23,24)15-14(17(15,9-20)16(21)22)10-2-1-3-12(19)8-10/h1-8,14-15H,(H,21,22)/t14-,15+,17-/m0/s1. The zero-order valence-electron chi connectivity index (χ0n) is 12.6. The first-order chi connectivity index (χ1) is 11.7. The summed E-state index contributed by atoms with van der Waals surface area (Å²) in [6, 6.07) is 13.4. The summed E-state index contributed by atoms with van der Waals surface area (Å²) in [5.41, 5.74) is -1.65. The van der Waals surface area contributed by atoms with E-state index in [2.05, 4.69) is 0 Å². The fraction of sp³-hybridized carbons (Fsp3) is 0.176. The van der Waals surface area contributed by atoms with Gasteiger partial charge in [0.15, 0.2) is 15.3 Å². The molecule has 1 saturated carbocycles. The van der Waals surface area contributed by atoms with Gasteiger partial charge in [0.25, 0.3) is 0 Å². The summed E-state index contributed by atoms with van der Waals surface area (Å²) in [7, 11) is -4.06. The Labute approximate surface area is 154 Å². The van der Waals surface area contributed by atoms with Crippen LogP contribution in [0.5, 0.6) is 0 Å². The second kappa shape index (κ2) is 6.03. The van der Waals surface area contributed by atoms with Gasteiger partial charge in [0.1, 0.15) is 5.25 Å². The average Bonchev–Trinajstić information content (AvgIpc) is 3.27. The Morgan fingerprint density at radius 1 is 1.12 bits per heavy atom. The molecule has 1 N–H and O–H groups in total. The molecule has 0 aromatic heterocycles. The van der Waals surface area contributed by atoms with E-state index in [-0.39, 0.29) is 4.90 Å². The summed E-state index contributed by atoms with van der Waals surface area (Å²) in [6.45, 7) is 0. The van der Waals surface area contributed by atoms with E-state index in [1.54, 1.807) is 24.3 Å².